The molecule has 3 saturated heterocycles. The first-order valence-electron chi connectivity index (χ1n) is 22.0. The number of nitrogen functional groups attached to an aromatic ring is 1. The molecule has 17 heteroatoms. The van der Waals surface area contributed by atoms with Crippen LogP contribution in [0.25, 0.3) is 22.3 Å². The van der Waals surface area contributed by atoms with Crippen LogP contribution in [0.1, 0.15) is 62.7 Å². The molecule has 3 atom stereocenters. The van der Waals surface area contributed by atoms with Gasteiger partial charge in [0.25, 0.3) is 11.8 Å². The number of rotatable bonds is 11. The Kier molecular flexibility index (Phi) is 11.2. The molecule has 10 rings (SSSR count). The average Bonchev–Trinajstić information content (AvgIpc) is 4.05. The van der Waals surface area contributed by atoms with Crippen molar-refractivity contribution in [1.82, 2.24) is 40.2 Å². The first-order chi connectivity index (χ1) is 31.6. The fourth-order valence-corrected chi connectivity index (χ4v) is 9.63. The largest absolute Gasteiger partial charge is 0.496 e. The highest BCUT2D eigenvalue weighted by atomic mass is 19.1. The number of fused-ring (bicyclic) bond motifs is 2. The smallest absolute Gasteiger partial charge is 0.255 e. The number of aliphatic hydroxyl groups excluding tert-OH is 1. The molecule has 6 heterocycles. The van der Waals surface area contributed by atoms with E-state index in [9.17, 15) is 23.9 Å². The summed E-state index contributed by atoms with van der Waals surface area (Å²) in [5, 5.41) is 21.0. The number of hydrogen-bond acceptors (Lipinski definition) is 12. The summed E-state index contributed by atoms with van der Waals surface area (Å²) in [7, 11) is 1.44. The van der Waals surface area contributed by atoms with Gasteiger partial charge in [0.05, 0.1) is 24.1 Å². The van der Waals surface area contributed by atoms with E-state index in [0.717, 1.165) is 86.4 Å². The van der Waals surface area contributed by atoms with Gasteiger partial charge < -0.3 is 40.9 Å². The Morgan fingerprint density at radius 1 is 0.892 bits per heavy atom. The number of aliphatic hydroxyl groups is 1. The number of anilines is 3. The second-order valence-corrected chi connectivity index (χ2v) is 17.2. The quantitative estimate of drug-likeness (QED) is 0.143. The number of ether oxygens (including phenoxy) is 1. The van der Waals surface area contributed by atoms with Crippen LogP contribution in [0.4, 0.5) is 21.6 Å². The zero-order valence-corrected chi connectivity index (χ0v) is 36.0. The first kappa shape index (κ1) is 41.9. The predicted octanol–water partition coefficient (Wildman–Crippen LogP) is 4.48. The number of halogens is 1. The van der Waals surface area contributed by atoms with Crippen molar-refractivity contribution < 1.29 is 28.6 Å². The minimum Gasteiger partial charge on any atom is -0.496 e. The molecule has 2 aromatic heterocycles. The van der Waals surface area contributed by atoms with Crippen molar-refractivity contribution in [3.8, 4) is 17.0 Å². The minimum absolute atomic E-state index is 0.0595. The standard InChI is InChI=1S/C48H50FN11O5/c1-65-40-14-8-33(49)23-38(40)46(62)51-24-29-2-6-31(7-3-29)43-42-44(50)52-28-53-45(42)60(55-43)36-16-17-58(27-36)34-9-4-30(5-10-34)25-56-18-20-57(21-19-56)35-11-12-37-32(22-35)26-59(48(37)64)39-13-15-41(61)54-47(39)63/h2-12,14,22-23,28,36,39,41,61H,13,15-21,24-27H2,1H3,(H,51,62)(H,54,63)(H2,50,52,53)/t36?,39-,41?/m0/s1. The van der Waals surface area contributed by atoms with E-state index in [1.54, 1.807) is 4.90 Å². The van der Waals surface area contributed by atoms with Crippen molar-refractivity contribution in [2.75, 3.05) is 61.9 Å². The van der Waals surface area contributed by atoms with Crippen molar-refractivity contribution in [3.05, 3.63) is 125 Å². The molecule has 4 aliphatic rings. The summed E-state index contributed by atoms with van der Waals surface area (Å²) in [4.78, 5) is 56.4. The van der Waals surface area contributed by atoms with Crippen molar-refractivity contribution >= 4 is 45.9 Å². The number of aromatic nitrogens is 4. The number of benzene rings is 4. The third-order valence-electron chi connectivity index (χ3n) is 13.2. The molecule has 3 fully saturated rings. The van der Waals surface area contributed by atoms with Gasteiger partial charge in [0.15, 0.2) is 5.65 Å². The molecule has 16 nitrogen and oxygen atoms in total. The Labute approximate surface area is 374 Å². The maximum absolute atomic E-state index is 13.9. The molecule has 0 bridgehead atoms. The molecule has 0 spiro atoms. The van der Waals surface area contributed by atoms with E-state index < -0.39 is 24.0 Å². The highest BCUT2D eigenvalue weighted by molar-refractivity contribution is 6.02. The molecule has 6 aromatic rings. The number of amides is 3. The molecule has 334 valence electrons. The van der Waals surface area contributed by atoms with Gasteiger partial charge in [0.2, 0.25) is 5.91 Å². The van der Waals surface area contributed by atoms with Crippen LogP contribution in [0.2, 0.25) is 0 Å². The van der Waals surface area contributed by atoms with Crippen molar-refractivity contribution in [1.29, 1.82) is 0 Å². The predicted molar refractivity (Wildman–Crippen MR) is 243 cm³/mol. The normalized spacial score (nSPS) is 20.0. The molecule has 4 aliphatic heterocycles. The molecule has 0 aliphatic carbocycles. The van der Waals surface area contributed by atoms with E-state index in [-0.39, 0.29) is 30.0 Å². The van der Waals surface area contributed by atoms with Crippen LogP contribution in [0.5, 0.6) is 5.75 Å². The summed E-state index contributed by atoms with van der Waals surface area (Å²) in [6.07, 6.45) is 2.38. The second kappa shape index (κ2) is 17.5. The number of nitrogens with two attached hydrogens (primary N) is 1. The fraction of sp³-hybridized carbons (Fsp3) is 0.333. The number of nitrogens with one attached hydrogen (secondary N) is 2. The van der Waals surface area contributed by atoms with Gasteiger partial charge in [-0.25, -0.2) is 19.0 Å². The number of methoxy groups -OCH3 is 1. The van der Waals surface area contributed by atoms with Gasteiger partial charge in [-0.15, -0.1) is 0 Å². The van der Waals surface area contributed by atoms with Gasteiger partial charge in [-0.3, -0.25) is 19.3 Å². The van der Waals surface area contributed by atoms with Crippen LogP contribution < -0.4 is 30.9 Å². The van der Waals surface area contributed by atoms with E-state index in [4.69, 9.17) is 15.6 Å². The summed E-state index contributed by atoms with van der Waals surface area (Å²) in [5.41, 5.74) is 14.7. The van der Waals surface area contributed by atoms with Gasteiger partial charge in [0.1, 0.15) is 41.7 Å². The lowest BCUT2D eigenvalue weighted by Gasteiger charge is -2.36. The van der Waals surface area contributed by atoms with Crippen LogP contribution in [0.15, 0.2) is 91.3 Å². The van der Waals surface area contributed by atoms with Crippen molar-refractivity contribution in [2.24, 2.45) is 0 Å². The maximum Gasteiger partial charge on any atom is 0.255 e. The number of carbonyl (C=O) groups is 3. The van der Waals surface area contributed by atoms with Crippen LogP contribution in [0.3, 0.4) is 0 Å². The van der Waals surface area contributed by atoms with Crippen LogP contribution in [-0.4, -0.2) is 111 Å². The van der Waals surface area contributed by atoms with Crippen LogP contribution >= 0.6 is 0 Å². The zero-order valence-electron chi connectivity index (χ0n) is 36.0. The third-order valence-corrected chi connectivity index (χ3v) is 13.2. The molecule has 4 aromatic carbocycles. The molecule has 65 heavy (non-hydrogen) atoms. The summed E-state index contributed by atoms with van der Waals surface area (Å²) in [6, 6.07) is 25.9. The summed E-state index contributed by atoms with van der Waals surface area (Å²) in [5.74, 6) is -0.729. The van der Waals surface area contributed by atoms with Gasteiger partial charge in [-0.2, -0.15) is 5.10 Å². The van der Waals surface area contributed by atoms with Gasteiger partial charge in [0, 0.05) is 81.4 Å². The number of piperidine rings is 1. The fourth-order valence-electron chi connectivity index (χ4n) is 9.63. The molecule has 3 amide bonds. The van der Waals surface area contributed by atoms with E-state index in [0.29, 0.717) is 53.2 Å². The molecular weight excluding hydrogens is 830 g/mol. The topological polar surface area (TPSA) is 187 Å². The Bertz CT molecular complexity index is 2780. The number of piperazine rings is 1. The Morgan fingerprint density at radius 2 is 1.66 bits per heavy atom. The molecule has 2 unspecified atom stereocenters. The SMILES string of the molecule is COc1ccc(F)cc1C(=O)NCc1ccc(-c2nn(C3CCN(c4ccc(CN5CCN(c6ccc7c(c6)CN([C@H]6CCC(O)NC6=O)C7=O)CC5)cc4)C3)c3ncnc(N)c23)cc1. The highest BCUT2D eigenvalue weighted by Crippen LogP contribution is 2.36. The van der Waals surface area contributed by atoms with Gasteiger partial charge >= 0.3 is 0 Å². The number of carbonyl (C=O) groups excluding carboxylic acids is 3. The van der Waals surface area contributed by atoms with Gasteiger partial charge in [-0.1, -0.05) is 36.4 Å². The van der Waals surface area contributed by atoms with E-state index >= 15 is 0 Å². The van der Waals surface area contributed by atoms with Gasteiger partial charge in [-0.05, 0) is 84.5 Å². The highest BCUT2D eigenvalue weighted by Gasteiger charge is 2.39. The lowest BCUT2D eigenvalue weighted by molar-refractivity contribution is -0.132. The van der Waals surface area contributed by atoms with Crippen molar-refractivity contribution in [3.63, 3.8) is 0 Å². The lowest BCUT2D eigenvalue weighted by atomic mass is 10.0. The zero-order chi connectivity index (χ0) is 44.8. The average molecular weight is 880 g/mol. The van der Waals surface area contributed by atoms with E-state index in [1.807, 2.05) is 41.1 Å². The Balaban J connectivity index is 0.743. The summed E-state index contributed by atoms with van der Waals surface area (Å²) < 4.78 is 21.1. The molecular formula is C48H50FN11O5. The molecule has 0 radical (unpaired) electrons. The third kappa shape index (κ3) is 8.28. The molecule has 5 N–H and O–H groups in total. The first-order valence-corrected chi connectivity index (χ1v) is 22.0. The Morgan fingerprint density at radius 3 is 2.43 bits per heavy atom. The molecule has 0 saturated carbocycles. The maximum atomic E-state index is 13.9. The van der Waals surface area contributed by atoms with Crippen LogP contribution in [0, 0.1) is 5.82 Å². The van der Waals surface area contributed by atoms with Crippen LogP contribution in [-0.2, 0) is 24.4 Å². The number of nitrogens with zero attached hydrogens (tertiary/aromatic N) is 8. The Hall–Kier alpha value is -7.11. The van der Waals surface area contributed by atoms with E-state index in [2.05, 4.69) is 65.6 Å². The minimum atomic E-state index is -0.851. The second-order valence-electron chi connectivity index (χ2n) is 17.2. The number of hydrogen-bond donors (Lipinski definition) is 4. The summed E-state index contributed by atoms with van der Waals surface area (Å²) in [6.45, 7) is 6.66. The monoisotopic (exact) mass is 879 g/mol. The summed E-state index contributed by atoms with van der Waals surface area (Å²) >= 11 is 0. The lowest BCUT2D eigenvalue weighted by Crippen LogP contribution is -2.54. The van der Waals surface area contributed by atoms with E-state index in [1.165, 1.54) is 31.1 Å². The van der Waals surface area contributed by atoms with Crippen molar-refractivity contribution in [2.45, 2.75) is 57.2 Å².